The molecule has 0 aliphatic carbocycles. The van der Waals surface area contributed by atoms with Gasteiger partial charge in [0.1, 0.15) is 5.71 Å². The van der Waals surface area contributed by atoms with Gasteiger partial charge in [0.2, 0.25) is 0 Å². The van der Waals surface area contributed by atoms with Crippen LogP contribution in [0, 0.1) is 6.92 Å². The minimum absolute atomic E-state index is 0.0964. The molecule has 0 amide bonds. The van der Waals surface area contributed by atoms with Crippen LogP contribution in [0.2, 0.25) is 0 Å². The lowest BCUT2D eigenvalue weighted by Gasteiger charge is -2.04. The van der Waals surface area contributed by atoms with Crippen LogP contribution in [0.4, 0.5) is 0 Å². The van der Waals surface area contributed by atoms with Gasteiger partial charge in [-0.15, -0.1) is 16.9 Å². The molecule has 0 atom stereocenters. The van der Waals surface area contributed by atoms with Gasteiger partial charge in [0.05, 0.1) is 23.2 Å². The second-order valence-electron chi connectivity index (χ2n) is 7.74. The third-order valence-corrected chi connectivity index (χ3v) is 6.44. The Morgan fingerprint density at radius 2 is 1.64 bits per heavy atom. The first-order chi connectivity index (χ1) is 16.2. The molecular weight excluding hydrogens is 428 g/mol. The molecule has 0 saturated carbocycles. The van der Waals surface area contributed by atoms with Gasteiger partial charge in [-0.2, -0.15) is 5.10 Å². The first-order valence-electron chi connectivity index (χ1n) is 10.7. The van der Waals surface area contributed by atoms with Crippen molar-refractivity contribution in [3.8, 4) is 5.69 Å². The summed E-state index contributed by atoms with van der Waals surface area (Å²) in [6, 6.07) is 27.9. The molecule has 1 aliphatic heterocycles. The average molecular weight is 451 g/mol. The van der Waals surface area contributed by atoms with Crippen molar-refractivity contribution in [2.45, 2.75) is 17.6 Å². The largest absolute Gasteiger partial charge is 0.294 e. The lowest BCUT2D eigenvalue weighted by atomic mass is 10.0. The number of rotatable bonds is 6. The highest BCUT2D eigenvalue weighted by molar-refractivity contribution is 7.98. The molecule has 6 heteroatoms. The Morgan fingerprint density at radius 1 is 0.939 bits per heavy atom. The standard InChI is InChI=1S/C27H22N4OS/c1-19-12-14-23(15-13-19)33-18-25-24(27(32)31(30-25)22-10-6-3-7-11-22)16-21-17-28-29-26(21)20-8-4-2-5-9-20/h2-17,30H,18H2,1H3. The molecule has 5 nitrogen and oxygen atoms in total. The molecule has 0 fully saturated rings. The number of aromatic amines is 1. The van der Waals surface area contributed by atoms with E-state index >= 15 is 0 Å². The van der Waals surface area contributed by atoms with Crippen molar-refractivity contribution < 1.29 is 0 Å². The van der Waals surface area contributed by atoms with Gasteiger partial charge in [-0.3, -0.25) is 9.89 Å². The quantitative estimate of drug-likeness (QED) is 0.387. The summed E-state index contributed by atoms with van der Waals surface area (Å²) in [5, 5.41) is 11.7. The maximum atomic E-state index is 13.5. The Labute approximate surface area is 196 Å². The van der Waals surface area contributed by atoms with E-state index in [1.54, 1.807) is 22.7 Å². The fourth-order valence-electron chi connectivity index (χ4n) is 3.65. The summed E-state index contributed by atoms with van der Waals surface area (Å²) < 4.78 is 1.60. The van der Waals surface area contributed by atoms with E-state index in [1.807, 2.05) is 66.7 Å². The van der Waals surface area contributed by atoms with Gasteiger partial charge in [-0.05, 0) is 37.3 Å². The van der Waals surface area contributed by atoms with Crippen LogP contribution < -0.4 is 5.56 Å². The number of aromatic nitrogens is 2. The second kappa shape index (κ2) is 9.30. The normalized spacial score (nSPS) is 14.1. The minimum atomic E-state index is -0.0964. The number of allylic oxidation sites excluding steroid dienone is 1. The number of aryl methyl sites for hydroxylation is 1. The maximum absolute atomic E-state index is 13.5. The molecule has 0 radical (unpaired) electrons. The first-order valence-corrected chi connectivity index (χ1v) is 11.6. The summed E-state index contributed by atoms with van der Waals surface area (Å²) in [6.07, 6.45) is 3.60. The molecule has 3 aromatic carbocycles. The van der Waals surface area contributed by atoms with Gasteiger partial charge in [0.25, 0.3) is 5.56 Å². The second-order valence-corrected chi connectivity index (χ2v) is 8.79. The number of para-hydroxylation sites is 1. The van der Waals surface area contributed by atoms with E-state index in [0.717, 1.165) is 33.1 Å². The molecule has 33 heavy (non-hydrogen) atoms. The molecule has 4 aromatic rings. The molecule has 1 N–H and O–H groups in total. The molecule has 162 valence electrons. The molecule has 0 bridgehead atoms. The average Bonchev–Trinajstić information content (AvgIpc) is 3.45. The number of nitrogens with zero attached hydrogens (tertiary/aromatic N) is 3. The van der Waals surface area contributed by atoms with Gasteiger partial charge < -0.3 is 0 Å². The summed E-state index contributed by atoms with van der Waals surface area (Å²) in [7, 11) is 0. The van der Waals surface area contributed by atoms with Gasteiger partial charge in [0.15, 0.2) is 0 Å². The Bertz CT molecular complexity index is 1410. The van der Waals surface area contributed by atoms with Crippen molar-refractivity contribution in [3.05, 3.63) is 123 Å². The predicted molar refractivity (Wildman–Crippen MR) is 137 cm³/mol. The zero-order valence-electron chi connectivity index (χ0n) is 18.1. The molecule has 0 saturated heterocycles. The third-order valence-electron chi connectivity index (χ3n) is 5.40. The Hall–Kier alpha value is -3.90. The molecule has 1 aromatic heterocycles. The highest BCUT2D eigenvalue weighted by atomic mass is 32.2. The monoisotopic (exact) mass is 450 g/mol. The Morgan fingerprint density at radius 3 is 2.36 bits per heavy atom. The van der Waals surface area contributed by atoms with Crippen LogP contribution in [-0.2, 0) is 5.75 Å². The highest BCUT2D eigenvalue weighted by Gasteiger charge is 2.18. The lowest BCUT2D eigenvalue weighted by Crippen LogP contribution is -2.16. The van der Waals surface area contributed by atoms with Crippen molar-refractivity contribution in [3.63, 3.8) is 0 Å². The summed E-state index contributed by atoms with van der Waals surface area (Å²) in [5.74, 6) is 0.631. The highest BCUT2D eigenvalue weighted by Crippen LogP contribution is 2.25. The fourth-order valence-corrected chi connectivity index (χ4v) is 4.51. The van der Waals surface area contributed by atoms with Gasteiger partial charge in [0, 0.05) is 21.8 Å². The van der Waals surface area contributed by atoms with Crippen LogP contribution in [0.15, 0.2) is 110 Å². The van der Waals surface area contributed by atoms with Gasteiger partial charge >= 0.3 is 0 Å². The summed E-state index contributed by atoms with van der Waals surface area (Å²) >= 11 is 1.69. The molecule has 0 spiro atoms. The fraction of sp³-hybridized carbons (Fsp3) is 0.0741. The Kier molecular flexibility index (Phi) is 5.91. The first kappa shape index (κ1) is 21.0. The number of thioether (sulfide) groups is 1. The topological polar surface area (TPSA) is 62.5 Å². The molecule has 5 rings (SSSR count). The number of hydrogen-bond donors (Lipinski definition) is 1. The third kappa shape index (κ3) is 4.52. The van der Waals surface area contributed by atoms with E-state index in [-0.39, 0.29) is 5.56 Å². The van der Waals surface area contributed by atoms with Crippen LogP contribution in [0.5, 0.6) is 0 Å². The number of nitrogens with one attached hydrogen (secondary N) is 1. The van der Waals surface area contributed by atoms with E-state index < -0.39 is 0 Å². The van der Waals surface area contributed by atoms with E-state index in [2.05, 4.69) is 46.5 Å². The van der Waals surface area contributed by atoms with Crippen LogP contribution >= 0.6 is 11.8 Å². The maximum Gasteiger partial charge on any atom is 0.278 e. The number of H-pyrrole nitrogens is 1. The smallest absolute Gasteiger partial charge is 0.278 e. The van der Waals surface area contributed by atoms with E-state index in [1.165, 1.54) is 5.56 Å². The van der Waals surface area contributed by atoms with Crippen LogP contribution in [-0.4, -0.2) is 21.7 Å². The minimum Gasteiger partial charge on any atom is -0.294 e. The van der Waals surface area contributed by atoms with Gasteiger partial charge in [-0.25, -0.2) is 4.68 Å². The van der Waals surface area contributed by atoms with Crippen molar-refractivity contribution in [1.82, 2.24) is 9.78 Å². The number of benzene rings is 3. The SMILES string of the molecule is Cc1ccc(SCc2[nH]n(-c3ccccc3)c(=O)c2C=C2C=NN=C2c2ccccc2)cc1. The van der Waals surface area contributed by atoms with Crippen molar-refractivity contribution in [2.24, 2.45) is 10.2 Å². The summed E-state index contributed by atoms with van der Waals surface area (Å²) in [5.41, 5.74) is 5.95. The zero-order valence-corrected chi connectivity index (χ0v) is 18.9. The molecular formula is C27H22N4OS. The molecule has 0 unspecified atom stereocenters. The summed E-state index contributed by atoms with van der Waals surface area (Å²) in [4.78, 5) is 14.6. The van der Waals surface area contributed by atoms with Crippen molar-refractivity contribution in [1.29, 1.82) is 0 Å². The molecule has 1 aliphatic rings. The number of hydrogen-bond acceptors (Lipinski definition) is 4. The van der Waals surface area contributed by atoms with E-state index in [0.29, 0.717) is 11.3 Å². The Balaban J connectivity index is 1.55. The lowest BCUT2D eigenvalue weighted by molar-refractivity contribution is 0.833. The van der Waals surface area contributed by atoms with Crippen LogP contribution in [0.25, 0.3) is 11.8 Å². The van der Waals surface area contributed by atoms with Crippen molar-refractivity contribution in [2.75, 3.05) is 0 Å². The summed E-state index contributed by atoms with van der Waals surface area (Å²) in [6.45, 7) is 2.07. The predicted octanol–water partition coefficient (Wildman–Crippen LogP) is 5.64. The van der Waals surface area contributed by atoms with Crippen LogP contribution in [0.1, 0.15) is 22.4 Å². The van der Waals surface area contributed by atoms with Gasteiger partial charge in [-0.1, -0.05) is 66.2 Å². The van der Waals surface area contributed by atoms with Crippen molar-refractivity contribution >= 4 is 29.8 Å². The molecule has 2 heterocycles. The van der Waals surface area contributed by atoms with Crippen LogP contribution in [0.3, 0.4) is 0 Å². The van der Waals surface area contributed by atoms with E-state index in [9.17, 15) is 4.79 Å². The van der Waals surface area contributed by atoms with E-state index in [4.69, 9.17) is 0 Å². The zero-order chi connectivity index (χ0) is 22.6.